The van der Waals surface area contributed by atoms with Gasteiger partial charge in [-0.1, -0.05) is 13.8 Å². The number of hydrogen-bond acceptors (Lipinski definition) is 4. The Kier molecular flexibility index (Phi) is 5.65. The van der Waals surface area contributed by atoms with Gasteiger partial charge in [-0.25, -0.2) is 4.98 Å². The third-order valence-corrected chi connectivity index (χ3v) is 3.25. The van der Waals surface area contributed by atoms with Gasteiger partial charge in [-0.15, -0.1) is 11.8 Å². The lowest BCUT2D eigenvalue weighted by Crippen LogP contribution is -2.30. The average molecular weight is 225 g/mol. The Morgan fingerprint density at radius 3 is 2.80 bits per heavy atom. The standard InChI is InChI=1S/C11H19N3S/c1-4-9(2)14-7-10(3)15-11-8-12-5-6-13-11/h5-6,8-10,14H,4,7H2,1-3H3. The van der Waals surface area contributed by atoms with E-state index in [4.69, 9.17) is 0 Å². The predicted octanol–water partition coefficient (Wildman–Crippen LogP) is 2.35. The van der Waals surface area contributed by atoms with Crippen LogP contribution in [0.3, 0.4) is 0 Å². The molecule has 0 amide bonds. The summed E-state index contributed by atoms with van der Waals surface area (Å²) in [5.41, 5.74) is 0. The fraction of sp³-hybridized carbons (Fsp3) is 0.636. The number of thioether (sulfide) groups is 1. The van der Waals surface area contributed by atoms with Crippen molar-refractivity contribution in [3.63, 3.8) is 0 Å². The smallest absolute Gasteiger partial charge is 0.115 e. The summed E-state index contributed by atoms with van der Waals surface area (Å²) in [6.45, 7) is 7.61. The van der Waals surface area contributed by atoms with Gasteiger partial charge < -0.3 is 5.32 Å². The van der Waals surface area contributed by atoms with E-state index in [1.807, 2.05) is 6.20 Å². The molecule has 0 saturated heterocycles. The summed E-state index contributed by atoms with van der Waals surface area (Å²) in [5.74, 6) is 0. The van der Waals surface area contributed by atoms with E-state index in [9.17, 15) is 0 Å². The van der Waals surface area contributed by atoms with Crippen LogP contribution in [0.5, 0.6) is 0 Å². The minimum Gasteiger partial charge on any atom is -0.313 e. The maximum atomic E-state index is 4.24. The van der Waals surface area contributed by atoms with Crippen LogP contribution in [-0.2, 0) is 0 Å². The quantitative estimate of drug-likeness (QED) is 0.754. The van der Waals surface area contributed by atoms with Gasteiger partial charge in [0, 0.05) is 30.2 Å². The van der Waals surface area contributed by atoms with Crippen LogP contribution < -0.4 is 5.32 Å². The second-order valence-corrected chi connectivity index (χ2v) is 5.15. The molecule has 0 saturated carbocycles. The summed E-state index contributed by atoms with van der Waals surface area (Å²) in [6.07, 6.45) is 6.41. The van der Waals surface area contributed by atoms with Crippen molar-refractivity contribution in [1.29, 1.82) is 0 Å². The van der Waals surface area contributed by atoms with Crippen LogP contribution in [0.1, 0.15) is 27.2 Å². The van der Waals surface area contributed by atoms with Crippen molar-refractivity contribution in [3.05, 3.63) is 18.6 Å². The van der Waals surface area contributed by atoms with Crippen LogP contribution in [0.2, 0.25) is 0 Å². The minimum absolute atomic E-state index is 0.524. The molecule has 0 radical (unpaired) electrons. The molecule has 1 rings (SSSR count). The third kappa shape index (κ3) is 5.14. The first-order valence-corrected chi connectivity index (χ1v) is 6.26. The summed E-state index contributed by atoms with van der Waals surface area (Å²) >= 11 is 1.76. The lowest BCUT2D eigenvalue weighted by molar-refractivity contribution is 0.536. The van der Waals surface area contributed by atoms with Crippen molar-refractivity contribution in [3.8, 4) is 0 Å². The molecule has 0 fully saturated rings. The van der Waals surface area contributed by atoms with Gasteiger partial charge in [-0.2, -0.15) is 0 Å². The lowest BCUT2D eigenvalue weighted by atomic mass is 10.2. The topological polar surface area (TPSA) is 37.8 Å². The number of rotatable bonds is 6. The van der Waals surface area contributed by atoms with E-state index in [1.54, 1.807) is 24.2 Å². The minimum atomic E-state index is 0.524. The monoisotopic (exact) mass is 225 g/mol. The molecule has 0 spiro atoms. The second-order valence-electron chi connectivity index (χ2n) is 3.69. The molecule has 0 bridgehead atoms. The zero-order valence-corrected chi connectivity index (χ0v) is 10.4. The zero-order chi connectivity index (χ0) is 11.1. The van der Waals surface area contributed by atoms with E-state index in [0.717, 1.165) is 11.6 Å². The molecule has 0 aromatic carbocycles. The summed E-state index contributed by atoms with van der Waals surface area (Å²) in [4.78, 5) is 8.28. The average Bonchev–Trinajstić information content (AvgIpc) is 2.27. The molecular weight excluding hydrogens is 206 g/mol. The molecule has 0 aliphatic rings. The maximum Gasteiger partial charge on any atom is 0.115 e. The van der Waals surface area contributed by atoms with Crippen molar-refractivity contribution < 1.29 is 0 Å². The SMILES string of the molecule is CCC(C)NCC(C)Sc1cnccn1. The number of nitrogens with zero attached hydrogens (tertiary/aromatic N) is 2. The summed E-state index contributed by atoms with van der Waals surface area (Å²) < 4.78 is 0. The van der Waals surface area contributed by atoms with Crippen LogP contribution in [-0.4, -0.2) is 27.8 Å². The van der Waals surface area contributed by atoms with Crippen LogP contribution in [0.25, 0.3) is 0 Å². The van der Waals surface area contributed by atoms with E-state index in [1.165, 1.54) is 6.42 Å². The maximum absolute atomic E-state index is 4.24. The number of hydrogen-bond donors (Lipinski definition) is 1. The van der Waals surface area contributed by atoms with Gasteiger partial charge in [0.25, 0.3) is 0 Å². The van der Waals surface area contributed by atoms with E-state index in [0.29, 0.717) is 11.3 Å². The Labute approximate surface area is 96.1 Å². The highest BCUT2D eigenvalue weighted by molar-refractivity contribution is 7.99. The van der Waals surface area contributed by atoms with Crippen LogP contribution >= 0.6 is 11.8 Å². The van der Waals surface area contributed by atoms with E-state index >= 15 is 0 Å². The Balaban J connectivity index is 2.27. The molecule has 1 aromatic rings. The number of aromatic nitrogens is 2. The molecule has 0 aliphatic carbocycles. The van der Waals surface area contributed by atoms with E-state index in [-0.39, 0.29) is 0 Å². The first-order valence-electron chi connectivity index (χ1n) is 5.38. The highest BCUT2D eigenvalue weighted by atomic mass is 32.2. The fourth-order valence-corrected chi connectivity index (χ4v) is 1.94. The third-order valence-electron chi connectivity index (χ3n) is 2.23. The zero-order valence-electron chi connectivity index (χ0n) is 9.60. The molecule has 1 aromatic heterocycles. The molecule has 0 aliphatic heterocycles. The molecular formula is C11H19N3S. The first kappa shape index (κ1) is 12.5. The molecule has 15 heavy (non-hydrogen) atoms. The van der Waals surface area contributed by atoms with Crippen LogP contribution in [0.4, 0.5) is 0 Å². The Morgan fingerprint density at radius 1 is 1.40 bits per heavy atom. The van der Waals surface area contributed by atoms with Gasteiger partial charge in [0.15, 0.2) is 0 Å². The summed E-state index contributed by atoms with van der Waals surface area (Å²) in [6, 6.07) is 0.593. The van der Waals surface area contributed by atoms with Gasteiger partial charge in [0.1, 0.15) is 5.03 Å². The van der Waals surface area contributed by atoms with Crippen molar-refractivity contribution in [1.82, 2.24) is 15.3 Å². The van der Waals surface area contributed by atoms with Gasteiger partial charge in [0.05, 0.1) is 6.20 Å². The van der Waals surface area contributed by atoms with Crippen LogP contribution in [0.15, 0.2) is 23.6 Å². The second kappa shape index (κ2) is 6.80. The molecule has 1 N–H and O–H groups in total. The Morgan fingerprint density at radius 2 is 2.20 bits per heavy atom. The van der Waals surface area contributed by atoms with E-state index in [2.05, 4.69) is 36.1 Å². The Bertz CT molecular complexity index is 266. The van der Waals surface area contributed by atoms with E-state index < -0.39 is 0 Å². The van der Waals surface area contributed by atoms with Gasteiger partial charge in [0.2, 0.25) is 0 Å². The molecule has 2 unspecified atom stereocenters. The van der Waals surface area contributed by atoms with Gasteiger partial charge in [-0.05, 0) is 13.3 Å². The summed E-state index contributed by atoms with van der Waals surface area (Å²) in [5, 5.41) is 5.00. The fourth-order valence-electron chi connectivity index (χ4n) is 1.11. The molecule has 2 atom stereocenters. The van der Waals surface area contributed by atoms with Crippen molar-refractivity contribution in [2.24, 2.45) is 0 Å². The molecule has 84 valence electrons. The summed E-state index contributed by atoms with van der Waals surface area (Å²) in [7, 11) is 0. The molecule has 1 heterocycles. The first-order chi connectivity index (χ1) is 7.22. The number of nitrogens with one attached hydrogen (secondary N) is 1. The van der Waals surface area contributed by atoms with Crippen molar-refractivity contribution >= 4 is 11.8 Å². The highest BCUT2D eigenvalue weighted by Gasteiger charge is 2.06. The highest BCUT2D eigenvalue weighted by Crippen LogP contribution is 2.18. The normalized spacial score (nSPS) is 14.9. The predicted molar refractivity (Wildman–Crippen MR) is 65.1 cm³/mol. The van der Waals surface area contributed by atoms with Crippen molar-refractivity contribution in [2.75, 3.05) is 6.54 Å². The molecule has 4 heteroatoms. The lowest BCUT2D eigenvalue weighted by Gasteiger charge is -2.15. The van der Waals surface area contributed by atoms with Gasteiger partial charge >= 0.3 is 0 Å². The molecule has 3 nitrogen and oxygen atoms in total. The van der Waals surface area contributed by atoms with Crippen molar-refractivity contribution in [2.45, 2.75) is 43.5 Å². The van der Waals surface area contributed by atoms with Gasteiger partial charge in [-0.3, -0.25) is 4.98 Å². The largest absolute Gasteiger partial charge is 0.313 e. The Hall–Kier alpha value is -0.610. The van der Waals surface area contributed by atoms with Crippen LogP contribution in [0, 0.1) is 0 Å².